The van der Waals surface area contributed by atoms with E-state index in [2.05, 4.69) is 0 Å². The van der Waals surface area contributed by atoms with E-state index in [-0.39, 0.29) is 18.1 Å². The van der Waals surface area contributed by atoms with E-state index in [1.165, 1.54) is 0 Å². The molecule has 6 heteroatoms. The summed E-state index contributed by atoms with van der Waals surface area (Å²) >= 11 is 12.0. The van der Waals surface area contributed by atoms with Crippen LogP contribution in [0.2, 0.25) is 10.0 Å². The van der Waals surface area contributed by atoms with Crippen molar-refractivity contribution in [3.05, 3.63) is 33.8 Å². The van der Waals surface area contributed by atoms with Crippen molar-refractivity contribution in [2.75, 3.05) is 0 Å². The van der Waals surface area contributed by atoms with Gasteiger partial charge in [0.1, 0.15) is 5.60 Å². The third-order valence-corrected chi connectivity index (χ3v) is 5.47. The maximum atomic E-state index is 11.9. The number of aliphatic carboxylic acids is 1. The van der Waals surface area contributed by atoms with Gasteiger partial charge in [-0.15, -0.1) is 0 Å². The van der Waals surface area contributed by atoms with Gasteiger partial charge in [0.2, 0.25) is 0 Å². The third kappa shape index (κ3) is 5.98. The molecule has 0 saturated heterocycles. The molecule has 1 fully saturated rings. The molecule has 25 heavy (non-hydrogen) atoms. The normalized spacial score (nSPS) is 23.2. The molecule has 0 spiro atoms. The van der Waals surface area contributed by atoms with Crippen molar-refractivity contribution in [1.29, 1.82) is 0 Å². The number of carboxylic acids is 1. The lowest BCUT2D eigenvalue weighted by atomic mass is 9.93. The Labute approximate surface area is 158 Å². The van der Waals surface area contributed by atoms with Gasteiger partial charge in [-0.05, 0) is 49.3 Å². The fraction of sp³-hybridized carbons (Fsp3) is 0.579. The molecule has 4 nitrogen and oxygen atoms in total. The number of ketones is 1. The van der Waals surface area contributed by atoms with Gasteiger partial charge in [-0.25, -0.2) is 0 Å². The predicted octanol–water partition coefficient (Wildman–Crippen LogP) is 4.67. The fourth-order valence-electron chi connectivity index (χ4n) is 3.57. The number of benzene rings is 1. The van der Waals surface area contributed by atoms with Crippen molar-refractivity contribution in [2.45, 2.75) is 63.4 Å². The standard InChI is InChI=1S/C19H24Cl2O4/c20-15-8-7-14(16(21)10-15)6-4-2-1-3-5-13-9-17(22)19(25,11-13)12-18(23)24/h7-8,10,13,25H,1-6,9,11-12H2,(H,23,24)/t13-,19-/m1/s1. The molecular formula is C19H24Cl2O4. The fourth-order valence-corrected chi connectivity index (χ4v) is 4.07. The maximum absolute atomic E-state index is 11.9. The van der Waals surface area contributed by atoms with Crippen LogP contribution in [0.25, 0.3) is 0 Å². The van der Waals surface area contributed by atoms with Gasteiger partial charge in [-0.2, -0.15) is 0 Å². The Bertz CT molecular complexity index is 632. The molecule has 1 saturated carbocycles. The molecule has 1 aromatic rings. The Kier molecular flexibility index (Phi) is 7.29. The molecule has 138 valence electrons. The first-order chi connectivity index (χ1) is 11.8. The summed E-state index contributed by atoms with van der Waals surface area (Å²) in [5, 5.41) is 20.3. The van der Waals surface area contributed by atoms with E-state index in [9.17, 15) is 14.7 Å². The van der Waals surface area contributed by atoms with Crippen LogP contribution >= 0.6 is 23.2 Å². The quantitative estimate of drug-likeness (QED) is 0.604. The van der Waals surface area contributed by atoms with Crippen molar-refractivity contribution in [3.8, 4) is 0 Å². The second-order valence-electron chi connectivity index (χ2n) is 6.99. The molecular weight excluding hydrogens is 363 g/mol. The summed E-state index contributed by atoms with van der Waals surface area (Å²) in [4.78, 5) is 22.6. The Morgan fingerprint density at radius 1 is 1.20 bits per heavy atom. The molecule has 1 aliphatic rings. The van der Waals surface area contributed by atoms with Crippen molar-refractivity contribution >= 4 is 35.0 Å². The van der Waals surface area contributed by atoms with Gasteiger partial charge in [-0.3, -0.25) is 9.59 Å². The van der Waals surface area contributed by atoms with E-state index in [4.69, 9.17) is 28.3 Å². The number of Topliss-reactive ketones (excluding diaryl/α,β-unsaturated/α-hetero) is 1. The monoisotopic (exact) mass is 386 g/mol. The summed E-state index contributed by atoms with van der Waals surface area (Å²) < 4.78 is 0. The number of carbonyl (C=O) groups is 2. The topological polar surface area (TPSA) is 74.6 Å². The van der Waals surface area contributed by atoms with Gasteiger partial charge < -0.3 is 10.2 Å². The van der Waals surface area contributed by atoms with Crippen LogP contribution < -0.4 is 0 Å². The zero-order valence-corrected chi connectivity index (χ0v) is 15.7. The van der Waals surface area contributed by atoms with Crippen LogP contribution in [0.15, 0.2) is 18.2 Å². The highest BCUT2D eigenvalue weighted by atomic mass is 35.5. The van der Waals surface area contributed by atoms with Crippen molar-refractivity contribution < 1.29 is 19.8 Å². The number of aryl methyl sites for hydroxylation is 1. The van der Waals surface area contributed by atoms with E-state index in [0.29, 0.717) is 16.5 Å². The molecule has 0 heterocycles. The average Bonchev–Trinajstić information content (AvgIpc) is 2.78. The van der Waals surface area contributed by atoms with Crippen LogP contribution in [-0.2, 0) is 16.0 Å². The molecule has 1 aliphatic carbocycles. The van der Waals surface area contributed by atoms with Crippen molar-refractivity contribution in [3.63, 3.8) is 0 Å². The van der Waals surface area contributed by atoms with Gasteiger partial charge in [0.05, 0.1) is 6.42 Å². The molecule has 2 N–H and O–H groups in total. The number of unbranched alkanes of at least 4 members (excludes halogenated alkanes) is 3. The minimum absolute atomic E-state index is 0.0996. The molecule has 0 unspecified atom stereocenters. The van der Waals surface area contributed by atoms with Crippen LogP contribution in [-0.4, -0.2) is 27.6 Å². The Balaban J connectivity index is 1.63. The number of halogens is 2. The van der Waals surface area contributed by atoms with Gasteiger partial charge >= 0.3 is 5.97 Å². The minimum Gasteiger partial charge on any atom is -0.481 e. The second kappa shape index (κ2) is 9.02. The summed E-state index contributed by atoms with van der Waals surface area (Å²) in [7, 11) is 0. The van der Waals surface area contributed by atoms with E-state index < -0.39 is 18.0 Å². The zero-order chi connectivity index (χ0) is 18.4. The lowest BCUT2D eigenvalue weighted by Gasteiger charge is -2.18. The van der Waals surface area contributed by atoms with Gasteiger partial charge in [0, 0.05) is 16.5 Å². The van der Waals surface area contributed by atoms with E-state index in [1.54, 1.807) is 6.07 Å². The third-order valence-electron chi connectivity index (χ3n) is 4.89. The first kappa shape index (κ1) is 20.2. The first-order valence-corrected chi connectivity index (χ1v) is 9.47. The lowest BCUT2D eigenvalue weighted by molar-refractivity contribution is -0.148. The van der Waals surface area contributed by atoms with Gasteiger partial charge in [-0.1, -0.05) is 48.5 Å². The number of aliphatic hydroxyl groups is 1. The van der Waals surface area contributed by atoms with E-state index >= 15 is 0 Å². The highest BCUT2D eigenvalue weighted by Crippen LogP contribution is 2.37. The predicted molar refractivity (Wildman–Crippen MR) is 98.2 cm³/mol. The maximum Gasteiger partial charge on any atom is 0.306 e. The van der Waals surface area contributed by atoms with Crippen molar-refractivity contribution in [1.82, 2.24) is 0 Å². The number of rotatable bonds is 9. The summed E-state index contributed by atoms with van der Waals surface area (Å²) in [6.45, 7) is 0. The summed E-state index contributed by atoms with van der Waals surface area (Å²) in [5.41, 5.74) is -0.548. The van der Waals surface area contributed by atoms with Crippen LogP contribution in [0.4, 0.5) is 0 Å². The van der Waals surface area contributed by atoms with E-state index in [0.717, 1.165) is 44.1 Å². The van der Waals surface area contributed by atoms with Crippen molar-refractivity contribution in [2.24, 2.45) is 5.92 Å². The smallest absolute Gasteiger partial charge is 0.306 e. The first-order valence-electron chi connectivity index (χ1n) is 8.71. The number of hydrogen-bond acceptors (Lipinski definition) is 3. The van der Waals surface area contributed by atoms with Gasteiger partial charge in [0.15, 0.2) is 5.78 Å². The molecule has 2 rings (SSSR count). The molecule has 0 aromatic heterocycles. The summed E-state index contributed by atoms with van der Waals surface area (Å²) in [6.07, 6.45) is 5.99. The highest BCUT2D eigenvalue weighted by molar-refractivity contribution is 6.35. The Hall–Kier alpha value is -1.10. The number of carbonyl (C=O) groups excluding carboxylic acids is 1. The van der Waals surface area contributed by atoms with Crippen LogP contribution in [0, 0.1) is 5.92 Å². The SMILES string of the molecule is O=C(O)C[C@]1(O)C[C@H](CCCCCCc2ccc(Cl)cc2Cl)CC1=O. The van der Waals surface area contributed by atoms with Crippen LogP contribution in [0.3, 0.4) is 0 Å². The van der Waals surface area contributed by atoms with Gasteiger partial charge in [0.25, 0.3) is 0 Å². The molecule has 0 radical (unpaired) electrons. The lowest BCUT2D eigenvalue weighted by Crippen LogP contribution is -2.36. The summed E-state index contributed by atoms with van der Waals surface area (Å²) in [6, 6.07) is 5.56. The minimum atomic E-state index is -1.65. The number of hydrogen-bond donors (Lipinski definition) is 2. The van der Waals surface area contributed by atoms with Crippen LogP contribution in [0.5, 0.6) is 0 Å². The molecule has 0 amide bonds. The number of carboxylic acid groups (broad SMARTS) is 1. The molecule has 1 aromatic carbocycles. The molecule has 2 atom stereocenters. The van der Waals surface area contributed by atoms with Crippen LogP contribution in [0.1, 0.15) is 56.9 Å². The zero-order valence-electron chi connectivity index (χ0n) is 14.1. The highest BCUT2D eigenvalue weighted by Gasteiger charge is 2.46. The summed E-state index contributed by atoms with van der Waals surface area (Å²) in [5.74, 6) is -1.35. The average molecular weight is 387 g/mol. The second-order valence-corrected chi connectivity index (χ2v) is 7.83. The largest absolute Gasteiger partial charge is 0.481 e. The Morgan fingerprint density at radius 2 is 1.92 bits per heavy atom. The van der Waals surface area contributed by atoms with E-state index in [1.807, 2.05) is 12.1 Å². The molecule has 0 aliphatic heterocycles. The Morgan fingerprint density at radius 3 is 2.60 bits per heavy atom. The molecule has 0 bridgehead atoms.